The zero-order valence-electron chi connectivity index (χ0n) is 7.20. The Hall–Kier alpha value is -1.42. The highest BCUT2D eigenvalue weighted by atomic mass is 15.2. The van der Waals surface area contributed by atoms with Gasteiger partial charge in [-0.2, -0.15) is 5.10 Å². The zero-order chi connectivity index (χ0) is 8.67. The van der Waals surface area contributed by atoms with Crippen LogP contribution in [0.3, 0.4) is 0 Å². The van der Waals surface area contributed by atoms with Crippen molar-refractivity contribution in [2.75, 3.05) is 6.54 Å². The first kappa shape index (κ1) is 7.03. The summed E-state index contributed by atoms with van der Waals surface area (Å²) in [6, 6.07) is 1.93. The van der Waals surface area contributed by atoms with Crippen molar-refractivity contribution in [3.8, 4) is 0 Å². The summed E-state index contributed by atoms with van der Waals surface area (Å²) in [4.78, 5) is 4.54. The average molecular weight is 174 g/mol. The Bertz CT molecular complexity index is 406. The molecule has 2 aromatic heterocycles. The van der Waals surface area contributed by atoms with Gasteiger partial charge in [0.1, 0.15) is 0 Å². The number of rotatable bonds is 0. The van der Waals surface area contributed by atoms with Crippen molar-refractivity contribution < 1.29 is 0 Å². The van der Waals surface area contributed by atoms with Crippen molar-refractivity contribution in [2.45, 2.75) is 13.0 Å². The van der Waals surface area contributed by atoms with Crippen LogP contribution in [0.4, 0.5) is 0 Å². The second-order valence-corrected chi connectivity index (χ2v) is 3.27. The Labute approximate surface area is 75.6 Å². The SMILES string of the molecule is c1cc2nc3c(cn2n1)CNCC3. The topological polar surface area (TPSA) is 42.2 Å². The normalized spacial score (nSPS) is 16.0. The molecule has 0 saturated heterocycles. The maximum Gasteiger partial charge on any atom is 0.155 e. The van der Waals surface area contributed by atoms with E-state index in [9.17, 15) is 0 Å². The van der Waals surface area contributed by atoms with Crippen LogP contribution >= 0.6 is 0 Å². The minimum Gasteiger partial charge on any atom is -0.312 e. The van der Waals surface area contributed by atoms with Gasteiger partial charge >= 0.3 is 0 Å². The number of nitrogens with zero attached hydrogens (tertiary/aromatic N) is 3. The lowest BCUT2D eigenvalue weighted by Crippen LogP contribution is -2.25. The zero-order valence-corrected chi connectivity index (χ0v) is 7.20. The van der Waals surface area contributed by atoms with E-state index in [4.69, 9.17) is 0 Å². The van der Waals surface area contributed by atoms with E-state index in [1.54, 1.807) is 6.20 Å². The standard InChI is InChI=1S/C9H10N4/c1-3-10-5-7-6-13-9(2-4-11-13)12-8(1)7/h2,4,6,10H,1,3,5H2. The molecule has 0 fully saturated rings. The molecular weight excluding hydrogens is 164 g/mol. The molecule has 1 N–H and O–H groups in total. The maximum atomic E-state index is 4.54. The second-order valence-electron chi connectivity index (χ2n) is 3.27. The van der Waals surface area contributed by atoms with Gasteiger partial charge in [-0.05, 0) is 0 Å². The lowest BCUT2D eigenvalue weighted by molar-refractivity contribution is 0.624. The Morgan fingerprint density at radius 1 is 1.46 bits per heavy atom. The molecule has 0 amide bonds. The summed E-state index contributed by atoms with van der Waals surface area (Å²) >= 11 is 0. The molecule has 2 aromatic rings. The Morgan fingerprint density at radius 3 is 3.46 bits per heavy atom. The van der Waals surface area contributed by atoms with E-state index in [1.165, 1.54) is 11.3 Å². The molecule has 0 aromatic carbocycles. The van der Waals surface area contributed by atoms with Crippen molar-refractivity contribution >= 4 is 5.65 Å². The largest absolute Gasteiger partial charge is 0.312 e. The summed E-state index contributed by atoms with van der Waals surface area (Å²) in [5, 5.41) is 7.47. The van der Waals surface area contributed by atoms with Gasteiger partial charge in [-0.1, -0.05) is 0 Å². The lowest BCUT2D eigenvalue weighted by Gasteiger charge is -2.15. The second kappa shape index (κ2) is 2.53. The minimum atomic E-state index is 0.915. The summed E-state index contributed by atoms with van der Waals surface area (Å²) in [5.41, 5.74) is 3.43. The summed E-state index contributed by atoms with van der Waals surface area (Å²) < 4.78 is 1.83. The molecule has 0 spiro atoms. The molecule has 4 heteroatoms. The summed E-state index contributed by atoms with van der Waals surface area (Å²) in [6.07, 6.45) is 4.86. The fourth-order valence-corrected chi connectivity index (χ4v) is 1.72. The summed E-state index contributed by atoms with van der Waals surface area (Å²) in [5.74, 6) is 0. The molecule has 13 heavy (non-hydrogen) atoms. The molecule has 0 atom stereocenters. The van der Waals surface area contributed by atoms with Crippen molar-refractivity contribution in [1.82, 2.24) is 19.9 Å². The number of nitrogens with one attached hydrogen (secondary N) is 1. The molecule has 1 aliphatic rings. The van der Waals surface area contributed by atoms with Gasteiger partial charge in [0.05, 0.1) is 11.9 Å². The van der Waals surface area contributed by atoms with Crippen molar-refractivity contribution in [3.63, 3.8) is 0 Å². The van der Waals surface area contributed by atoms with Crippen LogP contribution < -0.4 is 5.32 Å². The summed E-state index contributed by atoms with van der Waals surface area (Å²) in [7, 11) is 0. The van der Waals surface area contributed by atoms with Crippen LogP contribution in [0.15, 0.2) is 18.5 Å². The van der Waals surface area contributed by atoms with Gasteiger partial charge < -0.3 is 5.32 Å². The molecule has 0 bridgehead atoms. The first-order chi connectivity index (χ1) is 6.43. The van der Waals surface area contributed by atoms with Crippen molar-refractivity contribution in [2.24, 2.45) is 0 Å². The van der Waals surface area contributed by atoms with Crippen LogP contribution in [0.1, 0.15) is 11.3 Å². The molecule has 0 radical (unpaired) electrons. The molecule has 0 saturated carbocycles. The van der Waals surface area contributed by atoms with Crippen LogP contribution in [-0.2, 0) is 13.0 Å². The maximum absolute atomic E-state index is 4.54. The van der Waals surface area contributed by atoms with Crippen LogP contribution in [0.2, 0.25) is 0 Å². The van der Waals surface area contributed by atoms with E-state index in [2.05, 4.69) is 21.6 Å². The van der Waals surface area contributed by atoms with Gasteiger partial charge in [0.15, 0.2) is 5.65 Å². The van der Waals surface area contributed by atoms with Crippen molar-refractivity contribution in [1.29, 1.82) is 0 Å². The fraction of sp³-hybridized carbons (Fsp3) is 0.333. The van der Waals surface area contributed by atoms with Crippen LogP contribution in [-0.4, -0.2) is 21.1 Å². The van der Waals surface area contributed by atoms with Crippen LogP contribution in [0.5, 0.6) is 0 Å². The monoisotopic (exact) mass is 174 g/mol. The number of fused-ring (bicyclic) bond motifs is 2. The molecule has 3 heterocycles. The Balaban J connectivity index is 2.28. The van der Waals surface area contributed by atoms with Gasteiger partial charge in [-0.3, -0.25) is 0 Å². The molecule has 66 valence electrons. The number of aromatic nitrogens is 3. The third kappa shape index (κ3) is 1.02. The number of hydrogen-bond donors (Lipinski definition) is 1. The highest BCUT2D eigenvalue weighted by Gasteiger charge is 2.10. The molecule has 4 nitrogen and oxygen atoms in total. The highest BCUT2D eigenvalue weighted by molar-refractivity contribution is 5.39. The van der Waals surface area contributed by atoms with E-state index >= 15 is 0 Å². The third-order valence-corrected chi connectivity index (χ3v) is 2.40. The van der Waals surface area contributed by atoms with Gasteiger partial charge in [-0.15, -0.1) is 0 Å². The predicted octanol–water partition coefficient (Wildman–Crippen LogP) is 0.375. The Kier molecular flexibility index (Phi) is 1.37. The van der Waals surface area contributed by atoms with E-state index in [1.807, 2.05) is 10.6 Å². The smallest absolute Gasteiger partial charge is 0.155 e. The highest BCUT2D eigenvalue weighted by Crippen LogP contribution is 2.12. The van der Waals surface area contributed by atoms with Gasteiger partial charge in [0, 0.05) is 37.3 Å². The molecular formula is C9H10N4. The molecule has 3 rings (SSSR count). The predicted molar refractivity (Wildman–Crippen MR) is 48.4 cm³/mol. The van der Waals surface area contributed by atoms with E-state index < -0.39 is 0 Å². The van der Waals surface area contributed by atoms with E-state index in [0.29, 0.717) is 0 Å². The molecule has 0 unspecified atom stereocenters. The van der Waals surface area contributed by atoms with E-state index in [0.717, 1.165) is 25.2 Å². The first-order valence-corrected chi connectivity index (χ1v) is 4.46. The molecule has 0 aliphatic carbocycles. The van der Waals surface area contributed by atoms with Gasteiger partial charge in [-0.25, -0.2) is 9.50 Å². The van der Waals surface area contributed by atoms with Gasteiger partial charge in [0.2, 0.25) is 0 Å². The lowest BCUT2D eigenvalue weighted by atomic mass is 10.1. The van der Waals surface area contributed by atoms with Crippen LogP contribution in [0.25, 0.3) is 5.65 Å². The quantitative estimate of drug-likeness (QED) is 0.627. The Morgan fingerprint density at radius 2 is 2.46 bits per heavy atom. The molecule has 1 aliphatic heterocycles. The summed E-state index contributed by atoms with van der Waals surface area (Å²) in [6.45, 7) is 1.95. The fourth-order valence-electron chi connectivity index (χ4n) is 1.72. The van der Waals surface area contributed by atoms with Crippen LogP contribution in [0, 0.1) is 0 Å². The first-order valence-electron chi connectivity index (χ1n) is 4.46. The van der Waals surface area contributed by atoms with E-state index in [-0.39, 0.29) is 0 Å². The van der Waals surface area contributed by atoms with Gasteiger partial charge in [0.25, 0.3) is 0 Å². The third-order valence-electron chi connectivity index (χ3n) is 2.40. The minimum absolute atomic E-state index is 0.915. The number of hydrogen-bond acceptors (Lipinski definition) is 3. The average Bonchev–Trinajstić information content (AvgIpc) is 2.61. The van der Waals surface area contributed by atoms with Crippen molar-refractivity contribution in [3.05, 3.63) is 29.7 Å².